The predicted molar refractivity (Wildman–Crippen MR) is 151 cm³/mol. The molecule has 202 valence electrons. The van der Waals surface area contributed by atoms with Crippen molar-refractivity contribution in [2.45, 2.75) is 32.3 Å². The molecule has 1 aromatic heterocycles. The molecule has 3 rings (SSSR count). The second-order valence-corrected chi connectivity index (χ2v) is 10.00. The van der Waals surface area contributed by atoms with Crippen molar-refractivity contribution in [3.05, 3.63) is 75.5 Å². The third-order valence-electron chi connectivity index (χ3n) is 6.10. The lowest BCUT2D eigenvalue weighted by atomic mass is 9.85. The lowest BCUT2D eigenvalue weighted by molar-refractivity contribution is -0.153. The molecule has 0 aliphatic rings. The second-order valence-electron chi connectivity index (χ2n) is 8.63. The van der Waals surface area contributed by atoms with E-state index in [0.29, 0.717) is 26.4 Å². The monoisotopic (exact) mass is 577 g/mol. The summed E-state index contributed by atoms with van der Waals surface area (Å²) in [5.41, 5.74) is 1.71. The van der Waals surface area contributed by atoms with Crippen LogP contribution in [-0.4, -0.2) is 48.4 Å². The number of carbonyl (C=O) groups is 1. The summed E-state index contributed by atoms with van der Waals surface area (Å²) in [5.74, 6) is -0.393. The van der Waals surface area contributed by atoms with Gasteiger partial charge in [-0.1, -0.05) is 54.5 Å². The van der Waals surface area contributed by atoms with E-state index in [1.54, 1.807) is 52.3 Å². The molecule has 0 unspecified atom stereocenters. The van der Waals surface area contributed by atoms with Gasteiger partial charge in [-0.2, -0.15) is 0 Å². The Morgan fingerprint density at radius 2 is 1.45 bits per heavy atom. The van der Waals surface area contributed by atoms with Gasteiger partial charge in [0.25, 0.3) is 0 Å². The highest BCUT2D eigenvalue weighted by Crippen LogP contribution is 2.41. The maximum Gasteiger partial charge on any atom is 0.309 e. The van der Waals surface area contributed by atoms with E-state index in [9.17, 15) is 9.90 Å². The Morgan fingerprint density at radius 3 is 1.95 bits per heavy atom. The van der Waals surface area contributed by atoms with Gasteiger partial charge in [0.15, 0.2) is 11.5 Å². The van der Waals surface area contributed by atoms with Gasteiger partial charge in [-0.05, 0) is 37.6 Å². The van der Waals surface area contributed by atoms with Crippen molar-refractivity contribution in [2.75, 3.05) is 21.3 Å². The van der Waals surface area contributed by atoms with E-state index >= 15 is 0 Å². The van der Waals surface area contributed by atoms with Crippen LogP contribution in [0.4, 0.5) is 0 Å². The van der Waals surface area contributed by atoms with Gasteiger partial charge < -0.3 is 24.1 Å². The average Bonchev–Trinajstić information content (AvgIpc) is 2.90. The number of esters is 1. The highest BCUT2D eigenvalue weighted by atomic mass is 35.5. The summed E-state index contributed by atoms with van der Waals surface area (Å²) in [4.78, 5) is 17.7. The van der Waals surface area contributed by atoms with Crippen LogP contribution >= 0.6 is 35.4 Å². The van der Waals surface area contributed by atoms with Gasteiger partial charge in [-0.15, -0.1) is 0 Å². The molecule has 0 aliphatic carbocycles. The minimum Gasteiger partial charge on any atom is -0.503 e. The van der Waals surface area contributed by atoms with Crippen LogP contribution in [0.15, 0.2) is 48.7 Å². The Balaban J connectivity index is 1.89. The number of benzene rings is 2. The summed E-state index contributed by atoms with van der Waals surface area (Å²) < 4.78 is 22.3. The fourth-order valence-corrected chi connectivity index (χ4v) is 4.91. The molecule has 0 fully saturated rings. The Morgan fingerprint density at radius 1 is 0.921 bits per heavy atom. The SMILES string of the molecule is COc1cc(Cl)ccc1C(c1ccc(Cl)cc1OC)[C@H](C)OC(=O)[C@H](C)CC(=S)c1nccc(OC)c1O. The molecule has 0 saturated carbocycles. The fraction of sp³-hybridized carbons (Fsp3) is 0.321. The van der Waals surface area contributed by atoms with Crippen molar-refractivity contribution in [3.8, 4) is 23.0 Å². The van der Waals surface area contributed by atoms with Crippen molar-refractivity contribution in [3.63, 3.8) is 0 Å². The van der Waals surface area contributed by atoms with E-state index in [2.05, 4.69) is 4.98 Å². The van der Waals surface area contributed by atoms with Gasteiger partial charge in [0.2, 0.25) is 0 Å². The van der Waals surface area contributed by atoms with Gasteiger partial charge in [-0.25, -0.2) is 0 Å². The van der Waals surface area contributed by atoms with E-state index in [1.807, 2.05) is 12.1 Å². The highest BCUT2D eigenvalue weighted by molar-refractivity contribution is 7.80. The van der Waals surface area contributed by atoms with Crippen LogP contribution in [-0.2, 0) is 9.53 Å². The average molecular weight is 579 g/mol. The van der Waals surface area contributed by atoms with Crippen LogP contribution < -0.4 is 14.2 Å². The maximum absolute atomic E-state index is 13.2. The third-order valence-corrected chi connectivity index (χ3v) is 6.93. The molecule has 0 aliphatic heterocycles. The van der Waals surface area contributed by atoms with E-state index in [4.69, 9.17) is 54.4 Å². The van der Waals surface area contributed by atoms with Crippen LogP contribution in [0.1, 0.15) is 43.0 Å². The van der Waals surface area contributed by atoms with Crippen molar-refractivity contribution >= 4 is 46.3 Å². The number of hydrogen-bond donors (Lipinski definition) is 1. The molecule has 1 heterocycles. The summed E-state index contributed by atoms with van der Waals surface area (Å²) in [6.45, 7) is 3.50. The van der Waals surface area contributed by atoms with Gasteiger partial charge in [0, 0.05) is 38.3 Å². The van der Waals surface area contributed by atoms with E-state index in [0.717, 1.165) is 11.1 Å². The molecule has 0 radical (unpaired) electrons. The minimum absolute atomic E-state index is 0.147. The molecule has 10 heteroatoms. The van der Waals surface area contributed by atoms with Crippen LogP contribution in [0.5, 0.6) is 23.0 Å². The summed E-state index contributed by atoms with van der Waals surface area (Å²) in [5, 5.41) is 11.4. The Hall–Kier alpha value is -3.07. The molecule has 0 bridgehead atoms. The lowest BCUT2D eigenvalue weighted by Gasteiger charge is -2.28. The molecule has 3 aromatic rings. The predicted octanol–water partition coefficient (Wildman–Crippen LogP) is 6.63. The van der Waals surface area contributed by atoms with Gasteiger partial charge in [0.05, 0.1) is 33.2 Å². The van der Waals surface area contributed by atoms with Gasteiger partial charge in [0.1, 0.15) is 23.3 Å². The zero-order valence-electron chi connectivity index (χ0n) is 21.7. The van der Waals surface area contributed by atoms with Gasteiger partial charge >= 0.3 is 5.97 Å². The number of aromatic nitrogens is 1. The number of hydrogen-bond acceptors (Lipinski definition) is 8. The second kappa shape index (κ2) is 13.1. The first-order valence-corrected chi connectivity index (χ1v) is 12.9. The molecule has 2 atom stereocenters. The molecule has 1 N–H and O–H groups in total. The number of thiocarbonyl (C=S) groups is 1. The Kier molecular flexibility index (Phi) is 10.2. The topological polar surface area (TPSA) is 87.1 Å². The first kappa shape index (κ1) is 29.5. The van der Waals surface area contributed by atoms with Crippen LogP contribution in [0, 0.1) is 5.92 Å². The smallest absolute Gasteiger partial charge is 0.309 e. The number of rotatable bonds is 11. The highest BCUT2D eigenvalue weighted by Gasteiger charge is 2.32. The standard InChI is InChI=1S/C28H29Cl2NO6S/c1-15(12-24(38)26-27(32)21(34-3)10-11-31-26)28(33)37-16(2)25(19-8-6-17(29)13-22(19)35-4)20-9-7-18(30)14-23(20)36-5/h6-11,13-16,25,32H,12H2,1-5H3/t15-,16+/m1/s1. The third kappa shape index (κ3) is 6.67. The number of carbonyl (C=O) groups excluding carboxylic acids is 1. The fourth-order valence-electron chi connectivity index (χ4n) is 4.19. The summed E-state index contributed by atoms with van der Waals surface area (Å²) in [6.07, 6.45) is 0.981. The zero-order chi connectivity index (χ0) is 28.0. The number of aromatic hydroxyl groups is 1. The van der Waals surface area contributed by atoms with Crippen molar-refractivity contribution in [1.82, 2.24) is 4.98 Å². The van der Waals surface area contributed by atoms with Gasteiger partial charge in [-0.3, -0.25) is 9.78 Å². The number of halogens is 2. The minimum atomic E-state index is -0.646. The summed E-state index contributed by atoms with van der Waals surface area (Å²) in [6, 6.07) is 12.1. The van der Waals surface area contributed by atoms with E-state index < -0.39 is 23.9 Å². The van der Waals surface area contributed by atoms with Crippen molar-refractivity contribution in [1.29, 1.82) is 0 Å². The number of nitrogens with zero attached hydrogens (tertiary/aromatic N) is 1. The number of pyridine rings is 1. The van der Waals surface area contributed by atoms with Crippen LogP contribution in [0.25, 0.3) is 0 Å². The molecule has 38 heavy (non-hydrogen) atoms. The molecule has 2 aromatic carbocycles. The summed E-state index contributed by atoms with van der Waals surface area (Å²) >= 11 is 17.9. The van der Waals surface area contributed by atoms with Crippen LogP contribution in [0.3, 0.4) is 0 Å². The zero-order valence-corrected chi connectivity index (χ0v) is 24.0. The van der Waals surface area contributed by atoms with Crippen molar-refractivity contribution < 1.29 is 28.8 Å². The number of ether oxygens (including phenoxy) is 4. The number of methoxy groups -OCH3 is 3. The molecule has 0 spiro atoms. The molecule has 0 amide bonds. The Bertz CT molecular complexity index is 1260. The largest absolute Gasteiger partial charge is 0.503 e. The molecule has 7 nitrogen and oxygen atoms in total. The molecular weight excluding hydrogens is 549 g/mol. The quantitative estimate of drug-likeness (QED) is 0.154. The molecular formula is C28H29Cl2NO6S. The normalized spacial score (nSPS) is 12.5. The lowest BCUT2D eigenvalue weighted by Crippen LogP contribution is -2.28. The maximum atomic E-state index is 13.2. The molecule has 0 saturated heterocycles. The first-order chi connectivity index (χ1) is 18.1. The first-order valence-electron chi connectivity index (χ1n) is 11.7. The Labute approximate surface area is 237 Å². The van der Waals surface area contributed by atoms with E-state index in [1.165, 1.54) is 19.4 Å². The van der Waals surface area contributed by atoms with Crippen LogP contribution in [0.2, 0.25) is 10.0 Å². The van der Waals surface area contributed by atoms with Crippen molar-refractivity contribution in [2.24, 2.45) is 5.92 Å². The van der Waals surface area contributed by atoms with E-state index in [-0.39, 0.29) is 23.6 Å². The summed E-state index contributed by atoms with van der Waals surface area (Å²) in [7, 11) is 4.53.